The van der Waals surface area contributed by atoms with Crippen molar-refractivity contribution in [3.05, 3.63) is 77.2 Å². The van der Waals surface area contributed by atoms with Crippen LogP contribution in [0.5, 0.6) is 0 Å². The number of hydrogen-bond acceptors (Lipinski definition) is 9. The second-order valence-corrected chi connectivity index (χ2v) is 5.14. The van der Waals surface area contributed by atoms with E-state index < -0.39 is 51.7 Å². The number of aromatic carboxylic acids is 2. The van der Waals surface area contributed by atoms with Gasteiger partial charge in [-0.1, -0.05) is 0 Å². The Morgan fingerprint density at radius 1 is 0.806 bits per heavy atom. The molecule has 3 aromatic rings. The van der Waals surface area contributed by atoms with Crippen molar-refractivity contribution in [3.63, 3.8) is 0 Å². The fraction of sp³-hybridized carbons (Fsp3) is 0. The maximum atomic E-state index is 10.5. The first-order valence-corrected chi connectivity index (χ1v) is 7.63. The lowest BCUT2D eigenvalue weighted by atomic mass is 10.4. The van der Waals surface area contributed by atoms with Crippen molar-refractivity contribution in [2.45, 2.75) is 0 Å². The second-order valence-electron chi connectivity index (χ2n) is 5.14. The lowest BCUT2D eigenvalue weighted by molar-refractivity contribution is 0.0679. The monoisotopic (exact) mass is 438 g/mol. The maximum absolute atomic E-state index is 10.5. The number of nitrogen functional groups attached to an aromatic ring is 1. The lowest BCUT2D eigenvalue weighted by Gasteiger charge is -1.89. The predicted molar refractivity (Wildman–Crippen MR) is 101 cm³/mol. The number of H-pyrrole nitrogens is 5. The highest BCUT2D eigenvalue weighted by Gasteiger charge is 2.06. The van der Waals surface area contributed by atoms with Crippen LogP contribution in [-0.2, 0) is 0 Å². The van der Waals surface area contributed by atoms with Crippen LogP contribution >= 0.6 is 0 Å². The molecule has 3 rings (SSSR count). The lowest BCUT2D eigenvalue weighted by Crippen LogP contribution is -2.24. The molecule has 3 heterocycles. The summed E-state index contributed by atoms with van der Waals surface area (Å²) in [5.74, 6) is -3.09. The number of aromatic nitrogens is 6. The van der Waals surface area contributed by atoms with E-state index >= 15 is 0 Å². The largest absolute Gasteiger partial charge is 0.477 e. The molecule has 0 spiro atoms. The Kier molecular flexibility index (Phi) is 7.96. The van der Waals surface area contributed by atoms with Crippen LogP contribution in [0.2, 0.25) is 0 Å². The Labute approximate surface area is 167 Å². The zero-order valence-corrected chi connectivity index (χ0v) is 15.1. The Balaban J connectivity index is 0.000000234. The zero-order valence-electron chi connectivity index (χ0n) is 15.1. The summed E-state index contributed by atoms with van der Waals surface area (Å²) in [6.45, 7) is 0. The van der Waals surface area contributed by atoms with Gasteiger partial charge in [0.05, 0.1) is 6.33 Å². The average molecular weight is 438 g/mol. The standard InChI is InChI=1S/2C5H4N2O4.C4H6N4O/c2*8-3-1-2(4(9)10)6-5(11)7-3;5-3-2(4(6)9)7-1-8-3/h2*1H,(H,9,10)(H2,6,7,8,11);1H,5H2,(H2,6,9)(H,7,8). The first-order chi connectivity index (χ1) is 14.4. The normalized spacial score (nSPS) is 9.42. The summed E-state index contributed by atoms with van der Waals surface area (Å²) < 4.78 is 0. The van der Waals surface area contributed by atoms with Crippen LogP contribution in [-0.4, -0.2) is 58.0 Å². The van der Waals surface area contributed by atoms with E-state index in [2.05, 4.69) is 9.97 Å². The molecule has 17 nitrogen and oxygen atoms in total. The van der Waals surface area contributed by atoms with Crippen molar-refractivity contribution in [2.75, 3.05) is 5.73 Å². The van der Waals surface area contributed by atoms with Crippen molar-refractivity contribution in [1.29, 1.82) is 0 Å². The van der Waals surface area contributed by atoms with E-state index in [-0.39, 0.29) is 11.5 Å². The number of nitrogens with zero attached hydrogens (tertiary/aromatic N) is 1. The zero-order chi connectivity index (χ0) is 23.7. The van der Waals surface area contributed by atoms with Crippen LogP contribution in [0.3, 0.4) is 0 Å². The third-order valence-electron chi connectivity index (χ3n) is 2.88. The molecule has 0 aliphatic rings. The third kappa shape index (κ3) is 7.73. The molecule has 0 aliphatic carbocycles. The van der Waals surface area contributed by atoms with Gasteiger partial charge in [-0.15, -0.1) is 0 Å². The summed E-state index contributed by atoms with van der Waals surface area (Å²) in [7, 11) is 0. The summed E-state index contributed by atoms with van der Waals surface area (Å²) >= 11 is 0. The van der Waals surface area contributed by atoms with Crippen LogP contribution in [0.15, 0.2) is 37.6 Å². The van der Waals surface area contributed by atoms with Gasteiger partial charge in [0.15, 0.2) is 5.69 Å². The minimum Gasteiger partial charge on any atom is -0.477 e. The Hall–Kier alpha value is -5.22. The minimum absolute atomic E-state index is 0.0926. The van der Waals surface area contributed by atoms with E-state index in [1.807, 2.05) is 19.9 Å². The van der Waals surface area contributed by atoms with Gasteiger partial charge in [-0.25, -0.2) is 24.2 Å². The topological polar surface area (TPSA) is 304 Å². The molecule has 17 heteroatoms. The van der Waals surface area contributed by atoms with Crippen molar-refractivity contribution in [2.24, 2.45) is 5.73 Å². The number of anilines is 1. The number of carbonyl (C=O) groups excluding carboxylic acids is 1. The van der Waals surface area contributed by atoms with E-state index in [1.54, 1.807) is 0 Å². The first kappa shape index (κ1) is 23.8. The van der Waals surface area contributed by atoms with Gasteiger partial charge < -0.3 is 36.6 Å². The van der Waals surface area contributed by atoms with E-state index in [0.717, 1.165) is 12.1 Å². The molecule has 0 atom stereocenters. The van der Waals surface area contributed by atoms with E-state index in [0.29, 0.717) is 0 Å². The number of amides is 1. The molecule has 0 radical (unpaired) electrons. The molecular weight excluding hydrogens is 424 g/mol. The van der Waals surface area contributed by atoms with Crippen LogP contribution in [0, 0.1) is 0 Å². The smallest absolute Gasteiger partial charge is 0.352 e. The number of carbonyl (C=O) groups is 3. The van der Waals surface area contributed by atoms with E-state index in [9.17, 15) is 33.6 Å². The molecular formula is C14H14N8O9. The predicted octanol–water partition coefficient (Wildman–Crippen LogP) is -3.39. The van der Waals surface area contributed by atoms with Crippen molar-refractivity contribution in [3.8, 4) is 0 Å². The minimum atomic E-state index is -1.34. The number of rotatable bonds is 3. The Bertz CT molecular complexity index is 1190. The highest BCUT2D eigenvalue weighted by molar-refractivity contribution is 5.95. The molecule has 3 aromatic heterocycles. The van der Waals surface area contributed by atoms with Crippen LogP contribution in [0.1, 0.15) is 31.5 Å². The average Bonchev–Trinajstić information content (AvgIpc) is 3.07. The number of carboxylic acid groups (broad SMARTS) is 2. The van der Waals surface area contributed by atoms with Gasteiger partial charge in [-0.2, -0.15) is 0 Å². The van der Waals surface area contributed by atoms with E-state index in [1.165, 1.54) is 6.33 Å². The molecule has 1 amide bonds. The molecule has 0 unspecified atom stereocenters. The highest BCUT2D eigenvalue weighted by Crippen LogP contribution is 2.00. The molecule has 31 heavy (non-hydrogen) atoms. The Morgan fingerprint density at radius 3 is 1.45 bits per heavy atom. The maximum Gasteiger partial charge on any atom is 0.352 e. The SMILES string of the molecule is NC(=O)c1nc[nH]c1N.O=C(O)c1cc(=O)[nH]c(=O)[nH]1.O=C(O)c1cc(=O)[nH]c(=O)[nH]1. The van der Waals surface area contributed by atoms with Crippen molar-refractivity contribution < 1.29 is 24.6 Å². The highest BCUT2D eigenvalue weighted by atomic mass is 16.4. The molecule has 0 aliphatic heterocycles. The number of aromatic amines is 5. The number of carboxylic acids is 2. The first-order valence-electron chi connectivity index (χ1n) is 7.63. The number of hydrogen-bond donors (Lipinski definition) is 9. The van der Waals surface area contributed by atoms with Gasteiger partial charge in [0, 0.05) is 12.1 Å². The van der Waals surface area contributed by atoms with Crippen LogP contribution in [0.25, 0.3) is 0 Å². The molecule has 0 bridgehead atoms. The quantitative estimate of drug-likeness (QED) is 0.194. The summed E-state index contributed by atoms with van der Waals surface area (Å²) in [5, 5.41) is 16.6. The molecule has 0 saturated carbocycles. The van der Waals surface area contributed by atoms with Gasteiger partial charge in [-0.3, -0.25) is 24.4 Å². The number of nitrogens with one attached hydrogen (secondary N) is 5. The fourth-order valence-corrected chi connectivity index (χ4v) is 1.67. The van der Waals surface area contributed by atoms with Gasteiger partial charge in [-0.05, 0) is 0 Å². The molecule has 11 N–H and O–H groups in total. The van der Waals surface area contributed by atoms with Gasteiger partial charge in [0.25, 0.3) is 17.0 Å². The van der Waals surface area contributed by atoms with Gasteiger partial charge >= 0.3 is 23.3 Å². The van der Waals surface area contributed by atoms with Crippen LogP contribution < -0.4 is 34.0 Å². The van der Waals surface area contributed by atoms with Crippen LogP contribution in [0.4, 0.5) is 5.82 Å². The second kappa shape index (κ2) is 10.4. The van der Waals surface area contributed by atoms with Gasteiger partial charge in [0.1, 0.15) is 17.2 Å². The molecule has 164 valence electrons. The summed E-state index contributed by atoms with van der Waals surface area (Å²) in [6, 6.07) is 1.59. The summed E-state index contributed by atoms with van der Waals surface area (Å²) in [6.07, 6.45) is 1.31. The summed E-state index contributed by atoms with van der Waals surface area (Å²) in [4.78, 5) is 86.2. The Morgan fingerprint density at radius 2 is 1.23 bits per heavy atom. The summed E-state index contributed by atoms with van der Waals surface area (Å²) in [5.41, 5.74) is 6.23. The molecule has 0 fully saturated rings. The van der Waals surface area contributed by atoms with Gasteiger partial charge in [0.2, 0.25) is 0 Å². The number of nitrogens with two attached hydrogens (primary N) is 2. The van der Waals surface area contributed by atoms with Crippen molar-refractivity contribution >= 4 is 23.7 Å². The van der Waals surface area contributed by atoms with Crippen molar-refractivity contribution in [1.82, 2.24) is 29.9 Å². The number of imidazole rings is 1. The molecule has 0 saturated heterocycles. The fourth-order valence-electron chi connectivity index (χ4n) is 1.67. The van der Waals surface area contributed by atoms with E-state index in [4.69, 9.17) is 21.7 Å². The number of primary amides is 1. The third-order valence-corrected chi connectivity index (χ3v) is 2.88. The molecule has 0 aromatic carbocycles.